The van der Waals surface area contributed by atoms with Gasteiger partial charge < -0.3 is 0 Å². The van der Waals surface area contributed by atoms with Gasteiger partial charge in [0.1, 0.15) is 0 Å². The van der Waals surface area contributed by atoms with Gasteiger partial charge in [-0.2, -0.15) is 5.10 Å². The van der Waals surface area contributed by atoms with Gasteiger partial charge in [0.05, 0.1) is 6.20 Å². The first-order chi connectivity index (χ1) is 4.11. The van der Waals surface area contributed by atoms with Crippen LogP contribution in [-0.2, 0) is 3.42 Å². The summed E-state index contributed by atoms with van der Waals surface area (Å²) in [5.74, 6) is 0. The van der Waals surface area contributed by atoms with E-state index in [9.17, 15) is 0 Å². The quantitative estimate of drug-likeness (QED) is 0.586. The Balaban J connectivity index is 2.90. The van der Waals surface area contributed by atoms with Crippen LogP contribution >= 0.6 is 22.6 Å². The maximum absolute atomic E-state index is 3.86. The maximum atomic E-state index is 3.86. The number of aromatic amines is 1. The second-order valence-corrected chi connectivity index (χ2v) is 5.16. The van der Waals surface area contributed by atoms with Crippen LogP contribution in [0.25, 0.3) is 0 Å². The molecule has 0 spiro atoms. The molecule has 9 heavy (non-hydrogen) atoms. The van der Waals surface area contributed by atoms with Crippen LogP contribution in [-0.4, -0.2) is 10.2 Å². The SMILES string of the molecule is CC(C)(I)c1cn[nH]c1. The van der Waals surface area contributed by atoms with Crippen molar-refractivity contribution >= 4 is 22.6 Å². The molecule has 2 nitrogen and oxygen atoms in total. The Labute approximate surface area is 68.2 Å². The van der Waals surface area contributed by atoms with Gasteiger partial charge in [-0.3, -0.25) is 5.10 Å². The molecule has 3 heteroatoms. The van der Waals surface area contributed by atoms with Crippen molar-refractivity contribution < 1.29 is 0 Å². The molecule has 0 aliphatic rings. The zero-order chi connectivity index (χ0) is 6.91. The van der Waals surface area contributed by atoms with Gasteiger partial charge in [0.25, 0.3) is 0 Å². The third-order valence-electron chi connectivity index (χ3n) is 1.18. The highest BCUT2D eigenvalue weighted by Crippen LogP contribution is 2.28. The third-order valence-corrected chi connectivity index (χ3v) is 1.81. The molecule has 0 amide bonds. The lowest BCUT2D eigenvalue weighted by Gasteiger charge is -2.11. The molecule has 1 N–H and O–H groups in total. The molecule has 1 aromatic heterocycles. The molecule has 1 rings (SSSR count). The number of aromatic nitrogens is 2. The van der Waals surface area contributed by atoms with Gasteiger partial charge in [-0.05, 0) is 13.8 Å². The van der Waals surface area contributed by atoms with Gasteiger partial charge in [-0.15, -0.1) is 0 Å². The minimum Gasteiger partial charge on any atom is -0.285 e. The molecule has 50 valence electrons. The Kier molecular flexibility index (Phi) is 1.79. The first kappa shape index (κ1) is 7.05. The number of nitrogens with one attached hydrogen (secondary N) is 1. The number of hydrogen-bond donors (Lipinski definition) is 1. The summed E-state index contributed by atoms with van der Waals surface area (Å²) in [5, 5.41) is 6.64. The Morgan fingerprint density at radius 1 is 1.67 bits per heavy atom. The van der Waals surface area contributed by atoms with Crippen molar-refractivity contribution in [2.45, 2.75) is 17.3 Å². The molecule has 0 aliphatic heterocycles. The monoisotopic (exact) mass is 236 g/mol. The van der Waals surface area contributed by atoms with Gasteiger partial charge in [0.2, 0.25) is 0 Å². The van der Waals surface area contributed by atoms with Crippen molar-refractivity contribution in [3.63, 3.8) is 0 Å². The second-order valence-electron chi connectivity index (χ2n) is 2.46. The van der Waals surface area contributed by atoms with Crippen molar-refractivity contribution in [3.8, 4) is 0 Å². The van der Waals surface area contributed by atoms with E-state index in [0.717, 1.165) is 0 Å². The fraction of sp³-hybridized carbons (Fsp3) is 0.500. The highest BCUT2D eigenvalue weighted by Gasteiger charge is 2.15. The van der Waals surface area contributed by atoms with E-state index in [0.29, 0.717) is 0 Å². The number of halogens is 1. The van der Waals surface area contributed by atoms with Gasteiger partial charge in [0, 0.05) is 15.2 Å². The number of H-pyrrole nitrogens is 1. The summed E-state index contributed by atoms with van der Waals surface area (Å²) >= 11 is 2.38. The highest BCUT2D eigenvalue weighted by atomic mass is 127. The Bertz CT molecular complexity index is 173. The first-order valence-corrected chi connectivity index (χ1v) is 3.87. The van der Waals surface area contributed by atoms with Gasteiger partial charge >= 0.3 is 0 Å². The normalized spacial score (nSPS) is 11.9. The molecule has 0 saturated carbocycles. The van der Waals surface area contributed by atoms with E-state index in [1.54, 1.807) is 0 Å². The Hall–Kier alpha value is -0.0600. The van der Waals surface area contributed by atoms with E-state index >= 15 is 0 Å². The van der Waals surface area contributed by atoms with E-state index in [-0.39, 0.29) is 3.42 Å². The zero-order valence-corrected chi connectivity index (χ0v) is 7.64. The smallest absolute Gasteiger partial charge is 0.0532 e. The van der Waals surface area contributed by atoms with Crippen molar-refractivity contribution in [2.75, 3.05) is 0 Å². The molecule has 1 aromatic rings. The van der Waals surface area contributed by atoms with E-state index < -0.39 is 0 Å². The number of rotatable bonds is 1. The summed E-state index contributed by atoms with van der Waals surface area (Å²) in [7, 11) is 0. The zero-order valence-electron chi connectivity index (χ0n) is 5.48. The fourth-order valence-corrected chi connectivity index (χ4v) is 0.871. The highest BCUT2D eigenvalue weighted by molar-refractivity contribution is 14.1. The second kappa shape index (κ2) is 2.28. The third kappa shape index (κ3) is 1.67. The predicted octanol–water partition coefficient (Wildman–Crippen LogP) is 2.08. The van der Waals surface area contributed by atoms with Crippen molar-refractivity contribution in [1.29, 1.82) is 0 Å². The summed E-state index contributed by atoms with van der Waals surface area (Å²) < 4.78 is 0.199. The molecule has 0 saturated heterocycles. The number of hydrogen-bond acceptors (Lipinski definition) is 1. The van der Waals surface area contributed by atoms with Crippen LogP contribution in [0.15, 0.2) is 12.4 Å². The standard InChI is InChI=1S/C6H9IN2/c1-6(2,7)5-3-8-9-4-5/h3-4H,1-2H3,(H,8,9). The van der Waals surface area contributed by atoms with Crippen molar-refractivity contribution in [1.82, 2.24) is 10.2 Å². The average Bonchev–Trinajstić information content (AvgIpc) is 2.08. The molecule has 0 atom stereocenters. The lowest BCUT2D eigenvalue weighted by molar-refractivity contribution is 0.828. The molecule has 0 unspecified atom stereocenters. The van der Waals surface area contributed by atoms with E-state index in [1.165, 1.54) is 5.56 Å². The maximum Gasteiger partial charge on any atom is 0.0532 e. The van der Waals surface area contributed by atoms with Crippen molar-refractivity contribution in [3.05, 3.63) is 18.0 Å². The van der Waals surface area contributed by atoms with E-state index in [4.69, 9.17) is 0 Å². The minimum atomic E-state index is 0.199. The minimum absolute atomic E-state index is 0.199. The van der Waals surface area contributed by atoms with Crippen LogP contribution in [0.2, 0.25) is 0 Å². The summed E-state index contributed by atoms with van der Waals surface area (Å²) in [6.45, 7) is 4.30. The van der Waals surface area contributed by atoms with Crippen LogP contribution in [0.5, 0.6) is 0 Å². The number of alkyl halides is 1. The van der Waals surface area contributed by atoms with Crippen LogP contribution in [0.1, 0.15) is 19.4 Å². The molecule has 0 aromatic carbocycles. The summed E-state index contributed by atoms with van der Waals surface area (Å²) in [6.07, 6.45) is 3.78. The molecule has 0 aliphatic carbocycles. The molecule has 0 radical (unpaired) electrons. The van der Waals surface area contributed by atoms with Gasteiger partial charge in [-0.25, -0.2) is 0 Å². The van der Waals surface area contributed by atoms with Crippen molar-refractivity contribution in [2.24, 2.45) is 0 Å². The first-order valence-electron chi connectivity index (χ1n) is 2.79. The molecule has 1 heterocycles. The topological polar surface area (TPSA) is 28.7 Å². The van der Waals surface area contributed by atoms with Crippen LogP contribution in [0.4, 0.5) is 0 Å². The van der Waals surface area contributed by atoms with Crippen LogP contribution < -0.4 is 0 Å². The largest absolute Gasteiger partial charge is 0.285 e. The van der Waals surface area contributed by atoms with Gasteiger partial charge in [-0.1, -0.05) is 22.6 Å². The molecule has 0 bridgehead atoms. The van der Waals surface area contributed by atoms with E-state index in [2.05, 4.69) is 46.6 Å². The average molecular weight is 236 g/mol. The van der Waals surface area contributed by atoms with Crippen LogP contribution in [0.3, 0.4) is 0 Å². The lowest BCUT2D eigenvalue weighted by Crippen LogP contribution is -2.03. The Morgan fingerprint density at radius 2 is 2.33 bits per heavy atom. The summed E-state index contributed by atoms with van der Waals surface area (Å²) in [5.41, 5.74) is 1.24. The lowest BCUT2D eigenvalue weighted by atomic mass is 10.1. The fourth-order valence-electron chi connectivity index (χ4n) is 0.576. The molecule has 0 fully saturated rings. The summed E-state index contributed by atoms with van der Waals surface area (Å²) in [4.78, 5) is 0. The van der Waals surface area contributed by atoms with Gasteiger partial charge in [0.15, 0.2) is 0 Å². The Morgan fingerprint density at radius 3 is 2.56 bits per heavy atom. The number of nitrogens with zero attached hydrogens (tertiary/aromatic N) is 1. The predicted molar refractivity (Wildman–Crippen MR) is 45.6 cm³/mol. The molecular formula is C6H9IN2. The summed E-state index contributed by atoms with van der Waals surface area (Å²) in [6, 6.07) is 0. The van der Waals surface area contributed by atoms with E-state index in [1.807, 2.05) is 12.4 Å². The molecular weight excluding hydrogens is 227 g/mol. The van der Waals surface area contributed by atoms with Crippen LogP contribution in [0, 0.1) is 0 Å².